The SMILES string of the molecule is COc1ccc(F)c(-c2ccc(CO)cc2C2(OC)CCCC2)c1. The number of hydrogen-bond donors (Lipinski definition) is 1. The number of aliphatic hydroxyl groups is 1. The average molecular weight is 330 g/mol. The zero-order chi connectivity index (χ0) is 17.2. The van der Waals surface area contributed by atoms with Crippen LogP contribution in [0, 0.1) is 5.82 Å². The molecule has 0 spiro atoms. The van der Waals surface area contributed by atoms with Gasteiger partial charge < -0.3 is 14.6 Å². The van der Waals surface area contributed by atoms with Crippen LogP contribution >= 0.6 is 0 Å². The first kappa shape index (κ1) is 16.9. The highest BCUT2D eigenvalue weighted by Gasteiger charge is 2.38. The third-order valence-corrected chi connectivity index (χ3v) is 5.02. The van der Waals surface area contributed by atoms with Gasteiger partial charge in [0.05, 0.1) is 19.3 Å². The first-order chi connectivity index (χ1) is 11.6. The van der Waals surface area contributed by atoms with Crippen LogP contribution < -0.4 is 4.74 Å². The molecule has 0 saturated heterocycles. The molecule has 128 valence electrons. The molecular formula is C20H23FO3. The summed E-state index contributed by atoms with van der Waals surface area (Å²) in [6.07, 6.45) is 3.96. The number of halogens is 1. The Bertz CT molecular complexity index is 721. The number of methoxy groups -OCH3 is 2. The monoisotopic (exact) mass is 330 g/mol. The predicted octanol–water partition coefficient (Wildman–Crippen LogP) is 4.41. The van der Waals surface area contributed by atoms with E-state index >= 15 is 0 Å². The van der Waals surface area contributed by atoms with Gasteiger partial charge in [-0.2, -0.15) is 0 Å². The van der Waals surface area contributed by atoms with Crippen LogP contribution in [-0.2, 0) is 16.9 Å². The van der Waals surface area contributed by atoms with Crippen molar-refractivity contribution in [3.05, 3.63) is 53.3 Å². The van der Waals surface area contributed by atoms with Gasteiger partial charge in [0.25, 0.3) is 0 Å². The van der Waals surface area contributed by atoms with Gasteiger partial charge in [0.1, 0.15) is 11.6 Å². The Hall–Kier alpha value is -1.91. The van der Waals surface area contributed by atoms with Crippen LogP contribution in [0.2, 0.25) is 0 Å². The van der Waals surface area contributed by atoms with Crippen LogP contribution in [0.5, 0.6) is 5.75 Å². The molecule has 1 fully saturated rings. The first-order valence-corrected chi connectivity index (χ1v) is 8.27. The predicted molar refractivity (Wildman–Crippen MR) is 91.5 cm³/mol. The zero-order valence-corrected chi connectivity index (χ0v) is 14.1. The maximum Gasteiger partial charge on any atom is 0.131 e. The van der Waals surface area contributed by atoms with E-state index in [0.717, 1.165) is 42.4 Å². The fourth-order valence-corrected chi connectivity index (χ4v) is 3.67. The molecule has 1 aliphatic carbocycles. The van der Waals surface area contributed by atoms with E-state index in [-0.39, 0.29) is 12.4 Å². The summed E-state index contributed by atoms with van der Waals surface area (Å²) < 4.78 is 25.7. The lowest BCUT2D eigenvalue weighted by Gasteiger charge is -2.31. The minimum absolute atomic E-state index is 0.0479. The summed E-state index contributed by atoms with van der Waals surface area (Å²) in [5, 5.41) is 9.52. The molecule has 0 atom stereocenters. The van der Waals surface area contributed by atoms with Crippen molar-refractivity contribution in [2.45, 2.75) is 37.9 Å². The third kappa shape index (κ3) is 2.92. The summed E-state index contributed by atoms with van der Waals surface area (Å²) in [5.41, 5.74) is 2.63. The van der Waals surface area contributed by atoms with E-state index in [1.807, 2.05) is 18.2 Å². The molecule has 1 aliphatic rings. The normalized spacial score (nSPS) is 16.3. The van der Waals surface area contributed by atoms with E-state index in [0.29, 0.717) is 11.3 Å². The summed E-state index contributed by atoms with van der Waals surface area (Å²) in [5.74, 6) is 0.319. The van der Waals surface area contributed by atoms with Crippen LogP contribution in [0.3, 0.4) is 0 Å². The van der Waals surface area contributed by atoms with Gasteiger partial charge in [0, 0.05) is 12.7 Å². The first-order valence-electron chi connectivity index (χ1n) is 8.27. The Morgan fingerprint density at radius 1 is 1.04 bits per heavy atom. The molecule has 0 heterocycles. The van der Waals surface area contributed by atoms with Crippen molar-refractivity contribution < 1.29 is 19.0 Å². The third-order valence-electron chi connectivity index (χ3n) is 5.02. The molecular weight excluding hydrogens is 307 g/mol. The molecule has 0 bridgehead atoms. The molecule has 3 rings (SSSR count). The number of hydrogen-bond acceptors (Lipinski definition) is 3. The van der Waals surface area contributed by atoms with Crippen molar-refractivity contribution >= 4 is 0 Å². The highest BCUT2D eigenvalue weighted by molar-refractivity contribution is 5.71. The molecule has 3 nitrogen and oxygen atoms in total. The van der Waals surface area contributed by atoms with E-state index in [4.69, 9.17) is 9.47 Å². The lowest BCUT2D eigenvalue weighted by Crippen LogP contribution is -2.25. The van der Waals surface area contributed by atoms with Crippen LogP contribution in [-0.4, -0.2) is 19.3 Å². The molecule has 24 heavy (non-hydrogen) atoms. The van der Waals surface area contributed by atoms with Crippen LogP contribution in [0.1, 0.15) is 36.8 Å². The standard InChI is InChI=1S/C20H23FO3/c1-23-15-6-8-19(21)17(12-15)16-7-5-14(13-22)11-18(16)20(24-2)9-3-4-10-20/h5-8,11-12,22H,3-4,9-10,13H2,1-2H3. The molecule has 0 aliphatic heterocycles. The zero-order valence-electron chi connectivity index (χ0n) is 14.1. The van der Waals surface area contributed by atoms with Crippen molar-refractivity contribution in [2.75, 3.05) is 14.2 Å². The Kier molecular flexibility index (Phi) is 4.88. The van der Waals surface area contributed by atoms with Gasteiger partial charge in [-0.3, -0.25) is 0 Å². The largest absolute Gasteiger partial charge is 0.497 e. The highest BCUT2D eigenvalue weighted by atomic mass is 19.1. The van der Waals surface area contributed by atoms with Crippen molar-refractivity contribution in [3.63, 3.8) is 0 Å². The fraction of sp³-hybridized carbons (Fsp3) is 0.400. The van der Waals surface area contributed by atoms with E-state index in [1.54, 1.807) is 26.4 Å². The second-order valence-electron chi connectivity index (χ2n) is 6.29. The lowest BCUT2D eigenvalue weighted by molar-refractivity contribution is -0.00833. The lowest BCUT2D eigenvalue weighted by atomic mass is 9.84. The van der Waals surface area contributed by atoms with Crippen LogP contribution in [0.4, 0.5) is 4.39 Å². The molecule has 1 N–H and O–H groups in total. The smallest absolute Gasteiger partial charge is 0.131 e. The molecule has 0 radical (unpaired) electrons. The van der Waals surface area contributed by atoms with E-state index in [9.17, 15) is 9.50 Å². The quantitative estimate of drug-likeness (QED) is 0.882. The minimum atomic E-state index is -0.421. The van der Waals surface area contributed by atoms with Gasteiger partial charge in [-0.25, -0.2) is 4.39 Å². The Labute approximate surface area is 142 Å². The van der Waals surface area contributed by atoms with Gasteiger partial charge in [0.15, 0.2) is 0 Å². The molecule has 0 unspecified atom stereocenters. The molecule has 2 aromatic carbocycles. The Morgan fingerprint density at radius 2 is 1.79 bits per heavy atom. The minimum Gasteiger partial charge on any atom is -0.497 e. The van der Waals surface area contributed by atoms with Crippen LogP contribution in [0.15, 0.2) is 36.4 Å². The van der Waals surface area contributed by atoms with Crippen molar-refractivity contribution in [2.24, 2.45) is 0 Å². The van der Waals surface area contributed by atoms with Crippen molar-refractivity contribution in [1.29, 1.82) is 0 Å². The van der Waals surface area contributed by atoms with Gasteiger partial charge in [-0.05, 0) is 53.8 Å². The van der Waals surface area contributed by atoms with E-state index in [2.05, 4.69) is 0 Å². The maximum absolute atomic E-state index is 14.5. The maximum atomic E-state index is 14.5. The topological polar surface area (TPSA) is 38.7 Å². The van der Waals surface area contributed by atoms with E-state index < -0.39 is 5.60 Å². The number of benzene rings is 2. The highest BCUT2D eigenvalue weighted by Crippen LogP contribution is 2.46. The van der Waals surface area contributed by atoms with Crippen molar-refractivity contribution in [3.8, 4) is 16.9 Å². The molecule has 0 amide bonds. The molecule has 1 saturated carbocycles. The summed E-state index contributed by atoms with van der Waals surface area (Å²) in [7, 11) is 3.28. The Morgan fingerprint density at radius 3 is 2.42 bits per heavy atom. The average Bonchev–Trinajstić information content (AvgIpc) is 3.12. The van der Waals surface area contributed by atoms with Gasteiger partial charge >= 0.3 is 0 Å². The number of ether oxygens (including phenoxy) is 2. The van der Waals surface area contributed by atoms with Gasteiger partial charge in [0.2, 0.25) is 0 Å². The second-order valence-corrected chi connectivity index (χ2v) is 6.29. The van der Waals surface area contributed by atoms with Gasteiger partial charge in [-0.1, -0.05) is 25.0 Å². The van der Waals surface area contributed by atoms with Crippen LogP contribution in [0.25, 0.3) is 11.1 Å². The molecule has 4 heteroatoms. The van der Waals surface area contributed by atoms with Gasteiger partial charge in [-0.15, -0.1) is 0 Å². The Balaban J connectivity index is 2.21. The second kappa shape index (κ2) is 6.91. The number of rotatable bonds is 5. The van der Waals surface area contributed by atoms with E-state index in [1.165, 1.54) is 6.07 Å². The summed E-state index contributed by atoms with van der Waals surface area (Å²) >= 11 is 0. The molecule has 0 aromatic heterocycles. The summed E-state index contributed by atoms with van der Waals surface area (Å²) in [4.78, 5) is 0. The number of aliphatic hydroxyl groups excluding tert-OH is 1. The summed E-state index contributed by atoms with van der Waals surface area (Å²) in [6, 6.07) is 10.4. The fourth-order valence-electron chi connectivity index (χ4n) is 3.67. The molecule has 2 aromatic rings. The summed E-state index contributed by atoms with van der Waals surface area (Å²) in [6.45, 7) is -0.0479. The van der Waals surface area contributed by atoms with Crippen molar-refractivity contribution in [1.82, 2.24) is 0 Å².